The van der Waals surface area contributed by atoms with Gasteiger partial charge in [0.25, 0.3) is 0 Å². The van der Waals surface area contributed by atoms with Crippen LogP contribution in [-0.2, 0) is 25.6 Å². The van der Waals surface area contributed by atoms with Gasteiger partial charge < -0.3 is 32.5 Å². The summed E-state index contributed by atoms with van der Waals surface area (Å²) in [5, 5.41) is 17.4. The molecule has 36 heavy (non-hydrogen) atoms. The molecule has 0 spiro atoms. The minimum Gasteiger partial charge on any atom is -0.480 e. The first kappa shape index (κ1) is 31.4. The van der Waals surface area contributed by atoms with Crippen molar-refractivity contribution in [3.8, 4) is 0 Å². The molecule has 0 saturated carbocycles. The molecule has 1 rings (SSSR count). The Labute approximate surface area is 217 Å². The summed E-state index contributed by atoms with van der Waals surface area (Å²) >= 11 is 1.50. The monoisotopic (exact) mass is 523 g/mol. The highest BCUT2D eigenvalue weighted by atomic mass is 32.2. The Bertz CT molecular complexity index is 839. The highest BCUT2D eigenvalue weighted by Gasteiger charge is 2.31. The van der Waals surface area contributed by atoms with Gasteiger partial charge in [0.05, 0.1) is 6.04 Å². The lowest BCUT2D eigenvalue weighted by molar-refractivity contribution is -0.143. The van der Waals surface area contributed by atoms with Crippen molar-refractivity contribution < 1.29 is 24.3 Å². The molecule has 0 unspecified atom stereocenters. The van der Waals surface area contributed by atoms with Crippen molar-refractivity contribution >= 4 is 35.5 Å². The van der Waals surface area contributed by atoms with Gasteiger partial charge in [0.15, 0.2) is 0 Å². The molecule has 8 N–H and O–H groups in total. The number of carbonyl (C=O) groups is 4. The molecule has 0 heterocycles. The molecule has 1 aromatic rings. The van der Waals surface area contributed by atoms with Gasteiger partial charge in [0.2, 0.25) is 17.7 Å². The molecule has 11 heteroatoms. The van der Waals surface area contributed by atoms with Crippen molar-refractivity contribution in [3.63, 3.8) is 0 Å². The predicted molar refractivity (Wildman–Crippen MR) is 142 cm³/mol. The first-order chi connectivity index (χ1) is 17.1. The van der Waals surface area contributed by atoms with Crippen molar-refractivity contribution in [2.45, 2.75) is 70.1 Å². The van der Waals surface area contributed by atoms with Gasteiger partial charge in [0, 0.05) is 0 Å². The summed E-state index contributed by atoms with van der Waals surface area (Å²) in [5.41, 5.74) is 12.6. The maximum absolute atomic E-state index is 13.2. The number of benzene rings is 1. The highest BCUT2D eigenvalue weighted by Crippen LogP contribution is 2.09. The Morgan fingerprint density at radius 2 is 1.50 bits per heavy atom. The lowest BCUT2D eigenvalue weighted by Gasteiger charge is -2.26. The zero-order valence-electron chi connectivity index (χ0n) is 21.4. The van der Waals surface area contributed by atoms with Crippen LogP contribution in [0.3, 0.4) is 0 Å². The number of rotatable bonds is 17. The number of unbranched alkanes of at least 4 members (excludes halogenated alkanes) is 1. The van der Waals surface area contributed by atoms with E-state index in [1.807, 2.05) is 36.6 Å². The van der Waals surface area contributed by atoms with E-state index in [-0.39, 0.29) is 5.92 Å². The summed E-state index contributed by atoms with van der Waals surface area (Å²) in [5.74, 6) is -2.48. The first-order valence-electron chi connectivity index (χ1n) is 12.2. The van der Waals surface area contributed by atoms with Crippen LogP contribution in [0.5, 0.6) is 0 Å². The second-order valence-electron chi connectivity index (χ2n) is 9.05. The van der Waals surface area contributed by atoms with Gasteiger partial charge in [-0.25, -0.2) is 4.79 Å². The van der Waals surface area contributed by atoms with Crippen LogP contribution < -0.4 is 27.4 Å². The minimum absolute atomic E-state index is 0.306. The number of nitrogens with one attached hydrogen (secondary N) is 3. The summed E-state index contributed by atoms with van der Waals surface area (Å²) in [4.78, 5) is 50.4. The zero-order valence-corrected chi connectivity index (χ0v) is 22.2. The van der Waals surface area contributed by atoms with Crippen LogP contribution in [0.4, 0.5) is 0 Å². The van der Waals surface area contributed by atoms with E-state index in [0.29, 0.717) is 44.4 Å². The Kier molecular flexibility index (Phi) is 14.8. The molecule has 0 radical (unpaired) electrons. The average molecular weight is 524 g/mol. The lowest BCUT2D eigenvalue weighted by atomic mass is 10.0. The van der Waals surface area contributed by atoms with E-state index < -0.39 is 47.9 Å². The number of amides is 3. The standard InChI is InChI=1S/C25H41N5O5S/c1-16(2)21(25(34)35)30-24(33)20(12-14-36-3)29-23(32)19(11-7-8-13-26)28-22(31)18(27)15-17-9-5-4-6-10-17/h4-6,9-10,16,18-21H,7-8,11-15,26-27H2,1-3H3,(H,28,31)(H,29,32)(H,30,33)(H,34,35)/t18-,19-,20-,21-/m0/s1. The number of thioether (sulfide) groups is 1. The number of nitrogens with two attached hydrogens (primary N) is 2. The maximum atomic E-state index is 13.2. The molecule has 3 amide bonds. The maximum Gasteiger partial charge on any atom is 0.326 e. The van der Waals surface area contributed by atoms with E-state index in [0.717, 1.165) is 5.56 Å². The van der Waals surface area contributed by atoms with Crippen LogP contribution in [0, 0.1) is 5.92 Å². The summed E-state index contributed by atoms with van der Waals surface area (Å²) < 4.78 is 0. The normalized spacial score (nSPS) is 14.4. The van der Waals surface area contributed by atoms with Gasteiger partial charge in [-0.15, -0.1) is 0 Å². The van der Waals surface area contributed by atoms with Gasteiger partial charge in [0.1, 0.15) is 18.1 Å². The van der Waals surface area contributed by atoms with E-state index >= 15 is 0 Å². The van der Waals surface area contributed by atoms with Crippen LogP contribution in [0.15, 0.2) is 30.3 Å². The van der Waals surface area contributed by atoms with Crippen molar-refractivity contribution in [2.75, 3.05) is 18.6 Å². The molecule has 10 nitrogen and oxygen atoms in total. The smallest absolute Gasteiger partial charge is 0.326 e. The molecule has 0 saturated heterocycles. The van der Waals surface area contributed by atoms with Crippen LogP contribution in [-0.4, -0.2) is 71.5 Å². The number of carboxylic acid groups (broad SMARTS) is 1. The number of carboxylic acids is 1. The summed E-state index contributed by atoms with van der Waals surface area (Å²) in [7, 11) is 0. The molecule has 0 aliphatic carbocycles. The number of carbonyl (C=O) groups excluding carboxylic acids is 3. The van der Waals surface area contributed by atoms with Gasteiger partial charge in [-0.2, -0.15) is 11.8 Å². The van der Waals surface area contributed by atoms with Crippen LogP contribution in [0.25, 0.3) is 0 Å². The van der Waals surface area contributed by atoms with Gasteiger partial charge >= 0.3 is 5.97 Å². The fourth-order valence-electron chi connectivity index (χ4n) is 3.55. The zero-order chi connectivity index (χ0) is 27.1. The number of hydrogen-bond donors (Lipinski definition) is 6. The molecular weight excluding hydrogens is 482 g/mol. The molecular formula is C25H41N5O5S. The lowest BCUT2D eigenvalue weighted by Crippen LogP contribution is -2.57. The fraction of sp³-hybridized carbons (Fsp3) is 0.600. The van der Waals surface area contributed by atoms with Crippen molar-refractivity contribution in [2.24, 2.45) is 17.4 Å². The van der Waals surface area contributed by atoms with Crippen molar-refractivity contribution in [1.82, 2.24) is 16.0 Å². The highest BCUT2D eigenvalue weighted by molar-refractivity contribution is 7.98. The summed E-state index contributed by atoms with van der Waals surface area (Å²) in [6.45, 7) is 3.83. The van der Waals surface area contributed by atoms with Gasteiger partial charge in [-0.3, -0.25) is 14.4 Å². The number of aliphatic carboxylic acids is 1. The molecule has 0 aliphatic rings. The Hall–Kier alpha value is -2.63. The Morgan fingerprint density at radius 3 is 2.06 bits per heavy atom. The van der Waals surface area contributed by atoms with Crippen molar-refractivity contribution in [1.29, 1.82) is 0 Å². The summed E-state index contributed by atoms with van der Waals surface area (Å²) in [6.07, 6.45) is 4.08. The summed E-state index contributed by atoms with van der Waals surface area (Å²) in [6, 6.07) is 5.54. The largest absolute Gasteiger partial charge is 0.480 e. The van der Waals surface area contributed by atoms with E-state index in [1.165, 1.54) is 11.8 Å². The topological polar surface area (TPSA) is 177 Å². The van der Waals surface area contributed by atoms with E-state index in [2.05, 4.69) is 16.0 Å². The fourth-order valence-corrected chi connectivity index (χ4v) is 4.02. The third-order valence-electron chi connectivity index (χ3n) is 5.69. The molecule has 1 aromatic carbocycles. The van der Waals surface area contributed by atoms with Crippen LogP contribution >= 0.6 is 11.8 Å². The quantitative estimate of drug-likeness (QED) is 0.161. The van der Waals surface area contributed by atoms with Gasteiger partial charge in [-0.1, -0.05) is 44.2 Å². The van der Waals surface area contributed by atoms with E-state index in [1.54, 1.807) is 13.8 Å². The molecule has 202 valence electrons. The third-order valence-corrected chi connectivity index (χ3v) is 6.33. The number of hydrogen-bond acceptors (Lipinski definition) is 7. The molecule has 0 aromatic heterocycles. The third kappa shape index (κ3) is 11.4. The Morgan fingerprint density at radius 1 is 0.917 bits per heavy atom. The minimum atomic E-state index is -1.15. The Balaban J connectivity index is 2.94. The van der Waals surface area contributed by atoms with Crippen LogP contribution in [0.2, 0.25) is 0 Å². The molecule has 0 fully saturated rings. The molecule has 0 bridgehead atoms. The van der Waals surface area contributed by atoms with E-state index in [4.69, 9.17) is 11.5 Å². The first-order valence-corrected chi connectivity index (χ1v) is 13.6. The van der Waals surface area contributed by atoms with E-state index in [9.17, 15) is 24.3 Å². The average Bonchev–Trinajstić information content (AvgIpc) is 2.84. The van der Waals surface area contributed by atoms with Crippen molar-refractivity contribution in [3.05, 3.63) is 35.9 Å². The molecule has 0 aliphatic heterocycles. The van der Waals surface area contributed by atoms with Gasteiger partial charge in [-0.05, 0) is 62.1 Å². The second-order valence-corrected chi connectivity index (χ2v) is 10.0. The predicted octanol–water partition coefficient (Wildman–Crippen LogP) is 0.634. The SMILES string of the molecule is CSCC[C@H](NC(=O)[C@H](CCCCN)NC(=O)[C@@H](N)Cc1ccccc1)C(=O)N[C@H](C(=O)O)C(C)C. The molecule has 4 atom stereocenters. The van der Waals surface area contributed by atoms with Crippen LogP contribution in [0.1, 0.15) is 45.1 Å². The second kappa shape index (κ2) is 16.9.